The van der Waals surface area contributed by atoms with Crippen LogP contribution in [0, 0.1) is 5.92 Å². The first kappa shape index (κ1) is 17.7. The van der Waals surface area contributed by atoms with E-state index in [1.807, 2.05) is 4.90 Å². The Kier molecular flexibility index (Phi) is 4.59. The van der Waals surface area contributed by atoms with Crippen molar-refractivity contribution in [3.05, 3.63) is 59.7 Å². The number of piperidine rings is 1. The molecule has 2 aromatic rings. The summed E-state index contributed by atoms with van der Waals surface area (Å²) in [5.41, 5.74) is 5.01. The Morgan fingerprint density at radius 1 is 0.964 bits per heavy atom. The van der Waals surface area contributed by atoms with E-state index in [9.17, 15) is 9.90 Å². The lowest BCUT2D eigenvalue weighted by Gasteiger charge is -2.38. The number of nitrogens with zero attached hydrogens (tertiary/aromatic N) is 1. The van der Waals surface area contributed by atoms with E-state index in [1.165, 1.54) is 22.3 Å². The standard InChI is InChI=1S/C24H27NO3/c26-12-11-16-13-17-9-10-18(14-16)25(17)24(27)28-15-23-21-7-3-1-5-19(21)20-6-2-4-8-22(20)23/h1-8,16-18,23,26H,9-15H2. The highest BCUT2D eigenvalue weighted by molar-refractivity contribution is 5.79. The lowest BCUT2D eigenvalue weighted by Crippen LogP contribution is -2.47. The van der Waals surface area contributed by atoms with Crippen molar-refractivity contribution >= 4 is 6.09 Å². The Balaban J connectivity index is 1.30. The van der Waals surface area contributed by atoms with E-state index in [4.69, 9.17) is 4.74 Å². The average Bonchev–Trinajstić information content (AvgIpc) is 3.18. The van der Waals surface area contributed by atoms with E-state index in [1.54, 1.807) is 0 Å². The maximum Gasteiger partial charge on any atom is 0.410 e. The zero-order chi connectivity index (χ0) is 19.1. The summed E-state index contributed by atoms with van der Waals surface area (Å²) in [6.07, 6.45) is 4.83. The number of hydrogen-bond donors (Lipinski definition) is 1. The SMILES string of the molecule is O=C(OCC1c2ccccc2-c2ccccc21)N1C2CCC1CC(CCO)C2. The van der Waals surface area contributed by atoms with Gasteiger partial charge in [0.1, 0.15) is 6.61 Å². The molecule has 4 nitrogen and oxygen atoms in total. The van der Waals surface area contributed by atoms with Crippen molar-refractivity contribution in [3.63, 3.8) is 0 Å². The minimum atomic E-state index is -0.156. The molecule has 0 spiro atoms. The molecule has 2 bridgehead atoms. The van der Waals surface area contributed by atoms with Crippen LogP contribution in [-0.4, -0.2) is 41.4 Å². The van der Waals surface area contributed by atoms with Gasteiger partial charge >= 0.3 is 6.09 Å². The number of carbonyl (C=O) groups is 1. The van der Waals surface area contributed by atoms with Crippen LogP contribution in [0.25, 0.3) is 11.1 Å². The van der Waals surface area contributed by atoms with Crippen molar-refractivity contribution in [1.82, 2.24) is 4.90 Å². The van der Waals surface area contributed by atoms with Crippen LogP contribution in [0.5, 0.6) is 0 Å². The normalized spacial score (nSPS) is 25.5. The van der Waals surface area contributed by atoms with Gasteiger partial charge < -0.3 is 14.7 Å². The molecular weight excluding hydrogens is 350 g/mol. The topological polar surface area (TPSA) is 49.8 Å². The van der Waals surface area contributed by atoms with Crippen LogP contribution in [0.3, 0.4) is 0 Å². The summed E-state index contributed by atoms with van der Waals surface area (Å²) in [7, 11) is 0. The van der Waals surface area contributed by atoms with Gasteiger partial charge in [0.15, 0.2) is 0 Å². The number of carbonyl (C=O) groups excluding carboxylic acids is 1. The fourth-order valence-electron chi connectivity index (χ4n) is 5.67. The molecule has 2 atom stereocenters. The minimum Gasteiger partial charge on any atom is -0.448 e. The van der Waals surface area contributed by atoms with Gasteiger partial charge in [-0.3, -0.25) is 0 Å². The second-order valence-electron chi connectivity index (χ2n) is 8.45. The molecule has 28 heavy (non-hydrogen) atoms. The van der Waals surface area contributed by atoms with Crippen molar-refractivity contribution in [3.8, 4) is 11.1 Å². The fraction of sp³-hybridized carbons (Fsp3) is 0.458. The molecule has 2 heterocycles. The number of ether oxygens (including phenoxy) is 1. The van der Waals surface area contributed by atoms with Gasteiger partial charge in [-0.25, -0.2) is 4.79 Å². The minimum absolute atomic E-state index is 0.112. The van der Waals surface area contributed by atoms with Crippen LogP contribution in [-0.2, 0) is 4.74 Å². The molecule has 2 aliphatic heterocycles. The van der Waals surface area contributed by atoms with E-state index in [2.05, 4.69) is 48.5 Å². The van der Waals surface area contributed by atoms with Gasteiger partial charge in [-0.2, -0.15) is 0 Å². The van der Waals surface area contributed by atoms with Crippen LogP contribution in [0.1, 0.15) is 49.1 Å². The highest BCUT2D eigenvalue weighted by Crippen LogP contribution is 2.45. The van der Waals surface area contributed by atoms with Crippen LogP contribution in [0.2, 0.25) is 0 Å². The molecule has 3 aliphatic rings. The van der Waals surface area contributed by atoms with Crippen LogP contribution in [0.4, 0.5) is 4.79 Å². The Morgan fingerprint density at radius 2 is 1.54 bits per heavy atom. The molecule has 146 valence electrons. The Bertz CT molecular complexity index is 820. The zero-order valence-corrected chi connectivity index (χ0v) is 16.1. The second kappa shape index (κ2) is 7.25. The summed E-state index contributed by atoms with van der Waals surface area (Å²) in [4.78, 5) is 15.0. The van der Waals surface area contributed by atoms with Gasteiger partial charge in [-0.15, -0.1) is 0 Å². The predicted octanol–water partition coefficient (Wildman–Crippen LogP) is 4.56. The number of rotatable bonds is 4. The highest BCUT2D eigenvalue weighted by Gasteiger charge is 2.44. The summed E-state index contributed by atoms with van der Waals surface area (Å²) < 4.78 is 5.89. The van der Waals surface area contributed by atoms with Gasteiger partial charge in [0.25, 0.3) is 0 Å². The van der Waals surface area contributed by atoms with E-state index < -0.39 is 0 Å². The smallest absolute Gasteiger partial charge is 0.410 e. The molecule has 1 aliphatic carbocycles. The maximum atomic E-state index is 13.0. The number of hydrogen-bond acceptors (Lipinski definition) is 3. The van der Waals surface area contributed by atoms with Gasteiger partial charge in [0, 0.05) is 24.6 Å². The van der Waals surface area contributed by atoms with Crippen LogP contribution >= 0.6 is 0 Å². The monoisotopic (exact) mass is 377 g/mol. The molecule has 5 rings (SSSR count). The van der Waals surface area contributed by atoms with Crippen molar-refractivity contribution < 1.29 is 14.6 Å². The fourth-order valence-corrected chi connectivity index (χ4v) is 5.67. The third kappa shape index (κ3) is 2.91. The van der Waals surface area contributed by atoms with Gasteiger partial charge in [0.2, 0.25) is 0 Å². The largest absolute Gasteiger partial charge is 0.448 e. The maximum absolute atomic E-state index is 13.0. The quantitative estimate of drug-likeness (QED) is 0.850. The van der Waals surface area contributed by atoms with Gasteiger partial charge in [-0.05, 0) is 60.3 Å². The third-order valence-corrected chi connectivity index (χ3v) is 6.91. The number of fused-ring (bicyclic) bond motifs is 5. The first-order chi connectivity index (χ1) is 13.8. The molecule has 2 fully saturated rings. The van der Waals surface area contributed by atoms with Gasteiger partial charge in [0.05, 0.1) is 0 Å². The molecular formula is C24H27NO3. The highest BCUT2D eigenvalue weighted by atomic mass is 16.6. The number of aliphatic hydroxyl groups is 1. The molecule has 1 amide bonds. The molecule has 2 saturated heterocycles. The zero-order valence-electron chi connectivity index (χ0n) is 16.1. The summed E-state index contributed by atoms with van der Waals surface area (Å²) in [5, 5.41) is 9.25. The molecule has 4 heteroatoms. The van der Waals surface area contributed by atoms with E-state index in [0.29, 0.717) is 12.5 Å². The Hall–Kier alpha value is -2.33. The van der Waals surface area contributed by atoms with E-state index >= 15 is 0 Å². The van der Waals surface area contributed by atoms with Crippen LogP contribution in [0.15, 0.2) is 48.5 Å². The number of benzene rings is 2. The van der Waals surface area contributed by atoms with E-state index in [-0.39, 0.29) is 30.7 Å². The molecule has 0 aromatic heterocycles. The van der Waals surface area contributed by atoms with Gasteiger partial charge in [-0.1, -0.05) is 48.5 Å². The molecule has 1 N–H and O–H groups in total. The van der Waals surface area contributed by atoms with Crippen molar-refractivity contribution in [2.45, 2.75) is 50.1 Å². The van der Waals surface area contributed by atoms with Crippen molar-refractivity contribution in [2.24, 2.45) is 5.92 Å². The Morgan fingerprint density at radius 3 is 2.11 bits per heavy atom. The van der Waals surface area contributed by atoms with E-state index in [0.717, 1.165) is 32.1 Å². The summed E-state index contributed by atoms with van der Waals surface area (Å²) in [6, 6.07) is 17.4. The van der Waals surface area contributed by atoms with Crippen LogP contribution < -0.4 is 0 Å². The number of amides is 1. The molecule has 0 saturated carbocycles. The second-order valence-corrected chi connectivity index (χ2v) is 8.45. The molecule has 2 aromatic carbocycles. The first-order valence-corrected chi connectivity index (χ1v) is 10.5. The average molecular weight is 377 g/mol. The lowest BCUT2D eigenvalue weighted by atomic mass is 9.89. The van der Waals surface area contributed by atoms with Crippen molar-refractivity contribution in [2.75, 3.05) is 13.2 Å². The number of aliphatic hydroxyl groups excluding tert-OH is 1. The summed E-state index contributed by atoms with van der Waals surface area (Å²) >= 11 is 0. The first-order valence-electron chi connectivity index (χ1n) is 10.5. The third-order valence-electron chi connectivity index (χ3n) is 6.91. The lowest BCUT2D eigenvalue weighted by molar-refractivity contribution is 0.0521. The predicted molar refractivity (Wildman–Crippen MR) is 108 cm³/mol. The summed E-state index contributed by atoms with van der Waals surface area (Å²) in [6.45, 7) is 0.637. The van der Waals surface area contributed by atoms with Crippen molar-refractivity contribution in [1.29, 1.82) is 0 Å². The summed E-state index contributed by atoms with van der Waals surface area (Å²) in [5.74, 6) is 0.654. The molecule has 2 unspecified atom stereocenters. The Labute approximate surface area is 166 Å². The molecule has 0 radical (unpaired) electrons.